The molecule has 18 heavy (non-hydrogen) atoms. The summed E-state index contributed by atoms with van der Waals surface area (Å²) in [5.41, 5.74) is 0. The van der Waals surface area contributed by atoms with Crippen LogP contribution in [-0.4, -0.2) is 28.3 Å². The molecule has 2 atom stereocenters. The number of hydrogen-bond donors (Lipinski definition) is 1. The van der Waals surface area contributed by atoms with E-state index in [0.717, 1.165) is 0 Å². The van der Waals surface area contributed by atoms with E-state index in [-0.39, 0.29) is 35.5 Å². The maximum absolute atomic E-state index is 11.6. The van der Waals surface area contributed by atoms with Crippen LogP contribution in [0.25, 0.3) is 0 Å². The molecule has 0 bridgehead atoms. The molecule has 6 heteroatoms. The minimum atomic E-state index is -0.858. The Morgan fingerprint density at radius 3 is 2.83 bits per heavy atom. The van der Waals surface area contributed by atoms with Crippen LogP contribution in [0.1, 0.15) is 32.1 Å². The number of carbonyl (C=O) groups is 2. The van der Waals surface area contributed by atoms with Crippen LogP contribution >= 0.6 is 0 Å². The highest BCUT2D eigenvalue weighted by atomic mass is 16.6. The average Bonchev–Trinajstić information content (AvgIpc) is 2.59. The average molecular weight is 255 g/mol. The molecular formula is C12H17NO5. The lowest BCUT2D eigenvalue weighted by Crippen LogP contribution is -2.21. The summed E-state index contributed by atoms with van der Waals surface area (Å²) < 4.78 is 0. The maximum Gasteiger partial charge on any atom is 0.303 e. The number of carboxylic acids is 1. The number of allylic oxidation sites excluding steroid dienone is 2. The Kier molecular flexibility index (Phi) is 5.48. The van der Waals surface area contributed by atoms with Crippen LogP contribution in [0.5, 0.6) is 0 Å². The van der Waals surface area contributed by atoms with Gasteiger partial charge in [-0.1, -0.05) is 12.2 Å². The molecule has 6 nitrogen and oxygen atoms in total. The van der Waals surface area contributed by atoms with Gasteiger partial charge in [-0.3, -0.25) is 19.7 Å². The number of hydrogen-bond acceptors (Lipinski definition) is 4. The number of nitrogens with zero attached hydrogens (tertiary/aromatic N) is 1. The SMILES string of the molecule is O=C(O)CC/C=C/CC1C(=O)CCC1C[N+](=O)[O-]. The topological polar surface area (TPSA) is 97.5 Å². The Morgan fingerprint density at radius 2 is 2.22 bits per heavy atom. The lowest BCUT2D eigenvalue weighted by molar-refractivity contribution is -0.489. The van der Waals surface area contributed by atoms with Crippen molar-refractivity contribution in [3.8, 4) is 0 Å². The van der Waals surface area contributed by atoms with Crippen molar-refractivity contribution in [3.63, 3.8) is 0 Å². The Labute approximate surface area is 105 Å². The predicted molar refractivity (Wildman–Crippen MR) is 63.7 cm³/mol. The summed E-state index contributed by atoms with van der Waals surface area (Å²) in [7, 11) is 0. The van der Waals surface area contributed by atoms with Crippen LogP contribution in [0.15, 0.2) is 12.2 Å². The van der Waals surface area contributed by atoms with Crippen LogP contribution in [0.2, 0.25) is 0 Å². The molecule has 0 aromatic rings. The van der Waals surface area contributed by atoms with E-state index in [0.29, 0.717) is 25.7 Å². The molecule has 0 spiro atoms. The molecule has 1 fully saturated rings. The normalized spacial score (nSPS) is 23.7. The lowest BCUT2D eigenvalue weighted by atomic mass is 9.92. The molecule has 1 N–H and O–H groups in total. The Morgan fingerprint density at radius 1 is 1.50 bits per heavy atom. The third kappa shape index (κ3) is 4.65. The van der Waals surface area contributed by atoms with Crippen LogP contribution in [0.3, 0.4) is 0 Å². The van der Waals surface area contributed by atoms with E-state index in [9.17, 15) is 19.7 Å². The summed E-state index contributed by atoms with van der Waals surface area (Å²) in [5.74, 6) is -1.21. The van der Waals surface area contributed by atoms with Crippen molar-refractivity contribution in [2.45, 2.75) is 32.1 Å². The summed E-state index contributed by atoms with van der Waals surface area (Å²) in [5, 5.41) is 18.9. The second kappa shape index (κ2) is 6.88. The van der Waals surface area contributed by atoms with E-state index in [1.165, 1.54) is 0 Å². The van der Waals surface area contributed by atoms with Crippen molar-refractivity contribution >= 4 is 11.8 Å². The van der Waals surface area contributed by atoms with Crippen LogP contribution in [-0.2, 0) is 9.59 Å². The first-order chi connectivity index (χ1) is 8.50. The van der Waals surface area contributed by atoms with Gasteiger partial charge in [-0.15, -0.1) is 0 Å². The van der Waals surface area contributed by atoms with E-state index in [4.69, 9.17) is 5.11 Å². The molecule has 0 heterocycles. The fourth-order valence-electron chi connectivity index (χ4n) is 2.28. The smallest absolute Gasteiger partial charge is 0.303 e. The van der Waals surface area contributed by atoms with E-state index in [1.54, 1.807) is 12.2 Å². The summed E-state index contributed by atoms with van der Waals surface area (Å²) in [6.45, 7) is -0.153. The third-order valence-electron chi connectivity index (χ3n) is 3.21. The second-order valence-electron chi connectivity index (χ2n) is 4.53. The van der Waals surface area contributed by atoms with Gasteiger partial charge < -0.3 is 5.11 Å². The van der Waals surface area contributed by atoms with Crippen LogP contribution in [0.4, 0.5) is 0 Å². The number of ketones is 1. The first-order valence-electron chi connectivity index (χ1n) is 6.02. The Hall–Kier alpha value is -1.72. The first kappa shape index (κ1) is 14.3. The molecule has 1 saturated carbocycles. The quantitative estimate of drug-likeness (QED) is 0.424. The monoisotopic (exact) mass is 255 g/mol. The summed E-state index contributed by atoms with van der Waals surface area (Å²) >= 11 is 0. The molecule has 1 rings (SSSR count). The minimum Gasteiger partial charge on any atom is -0.481 e. The molecule has 0 radical (unpaired) electrons. The molecule has 0 aliphatic heterocycles. The lowest BCUT2D eigenvalue weighted by Gasteiger charge is -2.12. The molecule has 2 unspecified atom stereocenters. The largest absolute Gasteiger partial charge is 0.481 e. The zero-order valence-electron chi connectivity index (χ0n) is 10.1. The molecule has 0 aromatic heterocycles. The van der Waals surface area contributed by atoms with Crippen LogP contribution in [0, 0.1) is 22.0 Å². The predicted octanol–water partition coefficient (Wildman–Crippen LogP) is 1.67. The van der Waals surface area contributed by atoms with Gasteiger partial charge in [0, 0.05) is 29.6 Å². The fourth-order valence-corrected chi connectivity index (χ4v) is 2.28. The molecular weight excluding hydrogens is 238 g/mol. The molecule has 1 aliphatic rings. The van der Waals surface area contributed by atoms with Gasteiger partial charge in [0.2, 0.25) is 6.54 Å². The maximum atomic E-state index is 11.6. The van der Waals surface area contributed by atoms with Crippen molar-refractivity contribution in [2.24, 2.45) is 11.8 Å². The molecule has 1 aliphatic carbocycles. The van der Waals surface area contributed by atoms with Gasteiger partial charge in [0.05, 0.1) is 0 Å². The molecule has 0 saturated heterocycles. The number of carbonyl (C=O) groups excluding carboxylic acids is 1. The zero-order chi connectivity index (χ0) is 13.5. The number of nitro groups is 1. The van der Waals surface area contributed by atoms with Gasteiger partial charge in [0.1, 0.15) is 5.78 Å². The van der Waals surface area contributed by atoms with Gasteiger partial charge in [-0.2, -0.15) is 0 Å². The highest BCUT2D eigenvalue weighted by molar-refractivity contribution is 5.83. The van der Waals surface area contributed by atoms with E-state index >= 15 is 0 Å². The molecule has 0 aromatic carbocycles. The van der Waals surface area contributed by atoms with Crippen molar-refractivity contribution < 1.29 is 19.6 Å². The summed E-state index contributed by atoms with van der Waals surface area (Å²) in [6.07, 6.45) is 5.48. The minimum absolute atomic E-state index is 0.0629. The van der Waals surface area contributed by atoms with Gasteiger partial charge in [0.25, 0.3) is 0 Å². The Bertz CT molecular complexity index is 363. The number of aliphatic carboxylic acids is 1. The Balaban J connectivity index is 2.40. The summed E-state index contributed by atoms with van der Waals surface area (Å²) in [6, 6.07) is 0. The first-order valence-corrected chi connectivity index (χ1v) is 6.02. The van der Waals surface area contributed by atoms with E-state index in [1.807, 2.05) is 0 Å². The van der Waals surface area contributed by atoms with Gasteiger partial charge in [-0.25, -0.2) is 0 Å². The fraction of sp³-hybridized carbons (Fsp3) is 0.667. The molecule has 0 amide bonds. The van der Waals surface area contributed by atoms with Crippen molar-refractivity contribution in [1.82, 2.24) is 0 Å². The highest BCUT2D eigenvalue weighted by Crippen LogP contribution is 2.31. The van der Waals surface area contributed by atoms with Crippen molar-refractivity contribution in [3.05, 3.63) is 22.3 Å². The third-order valence-corrected chi connectivity index (χ3v) is 3.21. The standard InChI is InChI=1S/C12H17NO5/c14-11-7-6-9(8-13(17)18)10(11)4-2-1-3-5-12(15)16/h1-2,9-10H,3-8H2,(H,15,16)/b2-1+. The van der Waals surface area contributed by atoms with Gasteiger partial charge in [0.15, 0.2) is 0 Å². The van der Waals surface area contributed by atoms with Crippen molar-refractivity contribution in [1.29, 1.82) is 0 Å². The van der Waals surface area contributed by atoms with Crippen LogP contribution < -0.4 is 0 Å². The van der Waals surface area contributed by atoms with Gasteiger partial charge >= 0.3 is 5.97 Å². The highest BCUT2D eigenvalue weighted by Gasteiger charge is 2.36. The number of rotatable bonds is 7. The molecule has 100 valence electrons. The number of carboxylic acid groups (broad SMARTS) is 1. The van der Waals surface area contributed by atoms with E-state index < -0.39 is 5.97 Å². The summed E-state index contributed by atoms with van der Waals surface area (Å²) in [4.78, 5) is 32.0. The van der Waals surface area contributed by atoms with Gasteiger partial charge in [-0.05, 0) is 19.3 Å². The zero-order valence-corrected chi connectivity index (χ0v) is 10.1. The number of Topliss-reactive ketones (excluding diaryl/α,β-unsaturated/α-hetero) is 1. The second-order valence-corrected chi connectivity index (χ2v) is 4.53. The van der Waals surface area contributed by atoms with E-state index in [2.05, 4.69) is 0 Å². The van der Waals surface area contributed by atoms with Crippen molar-refractivity contribution in [2.75, 3.05) is 6.54 Å².